The highest BCUT2D eigenvalue weighted by atomic mass is 19.1. The minimum absolute atomic E-state index is 0.0930. The Labute approximate surface area is 182 Å². The molecule has 1 saturated heterocycles. The molecule has 0 radical (unpaired) electrons. The topological polar surface area (TPSA) is 96.8 Å². The van der Waals surface area contributed by atoms with Gasteiger partial charge >= 0.3 is 0 Å². The fourth-order valence-electron chi connectivity index (χ4n) is 2.92. The maximum atomic E-state index is 14.2. The molecule has 0 aliphatic carbocycles. The molecule has 3 rings (SSSR count). The predicted molar refractivity (Wildman–Crippen MR) is 124 cm³/mol. The summed E-state index contributed by atoms with van der Waals surface area (Å²) in [6.07, 6.45) is 3.86. The monoisotopic (exact) mass is 427 g/mol. The van der Waals surface area contributed by atoms with Crippen LogP contribution >= 0.6 is 0 Å². The SMILES string of the molecule is CC.CCOc1ccc(/C(C=N)=C/C(N)=Nc2cc(N3CCOCC3)ncc2F)cc1. The highest BCUT2D eigenvalue weighted by molar-refractivity contribution is 6.16. The smallest absolute Gasteiger partial charge is 0.167 e. The van der Waals surface area contributed by atoms with Crippen LogP contribution in [0, 0.1) is 11.2 Å². The number of nitrogens with one attached hydrogen (secondary N) is 1. The predicted octanol–water partition coefficient (Wildman–Crippen LogP) is 4.20. The number of rotatable bonds is 7. The van der Waals surface area contributed by atoms with Gasteiger partial charge in [0.1, 0.15) is 23.1 Å². The third-order valence-electron chi connectivity index (χ3n) is 4.36. The molecule has 2 heterocycles. The molecule has 0 bridgehead atoms. The van der Waals surface area contributed by atoms with Crippen molar-refractivity contribution in [2.24, 2.45) is 10.7 Å². The normalized spacial score (nSPS) is 14.5. The lowest BCUT2D eigenvalue weighted by Gasteiger charge is -2.27. The molecule has 7 nitrogen and oxygen atoms in total. The summed E-state index contributed by atoms with van der Waals surface area (Å²) in [6.45, 7) is 9.08. The Morgan fingerprint density at radius 3 is 2.58 bits per heavy atom. The molecular weight excluding hydrogens is 397 g/mol. The van der Waals surface area contributed by atoms with Crippen LogP contribution in [0.5, 0.6) is 5.75 Å². The number of aromatic nitrogens is 1. The van der Waals surface area contributed by atoms with E-state index in [9.17, 15) is 4.39 Å². The van der Waals surface area contributed by atoms with Crippen molar-refractivity contribution in [3.05, 3.63) is 54.0 Å². The molecule has 1 fully saturated rings. The van der Waals surface area contributed by atoms with E-state index >= 15 is 0 Å². The molecule has 1 aromatic carbocycles. The van der Waals surface area contributed by atoms with Gasteiger partial charge in [-0.15, -0.1) is 0 Å². The van der Waals surface area contributed by atoms with E-state index in [1.807, 2.05) is 49.9 Å². The highest BCUT2D eigenvalue weighted by Gasteiger charge is 2.14. The van der Waals surface area contributed by atoms with Crippen LogP contribution in [0.2, 0.25) is 0 Å². The van der Waals surface area contributed by atoms with Gasteiger partial charge in [-0.05, 0) is 30.7 Å². The quantitative estimate of drug-likeness (QED) is 0.510. The summed E-state index contributed by atoms with van der Waals surface area (Å²) in [5.74, 6) is 0.909. The number of amidine groups is 1. The molecule has 3 N–H and O–H groups in total. The zero-order valence-electron chi connectivity index (χ0n) is 18.3. The van der Waals surface area contributed by atoms with Gasteiger partial charge in [-0.3, -0.25) is 0 Å². The number of nitrogens with zero attached hydrogens (tertiary/aromatic N) is 3. The van der Waals surface area contributed by atoms with Crippen LogP contribution < -0.4 is 15.4 Å². The standard InChI is InChI=1S/C21H24FN5O2.C2H6/c1-2-29-17-5-3-15(4-6-17)16(13-23)11-20(24)26-19-12-21(25-14-18(19)22)27-7-9-28-10-8-27;1-2/h3-6,11-14,23H,2,7-10H2,1H3,(H2,24,25,26);1-2H3/b16-11+,23-13?;. The number of benzene rings is 1. The number of nitrogens with two attached hydrogens (primary N) is 1. The third-order valence-corrected chi connectivity index (χ3v) is 4.36. The lowest BCUT2D eigenvalue weighted by atomic mass is 10.1. The minimum atomic E-state index is -0.559. The molecule has 0 spiro atoms. The Morgan fingerprint density at radius 2 is 1.97 bits per heavy atom. The number of morpholine rings is 1. The first-order valence-corrected chi connectivity index (χ1v) is 10.4. The number of anilines is 1. The van der Waals surface area contributed by atoms with Crippen molar-refractivity contribution < 1.29 is 13.9 Å². The Bertz CT molecular complexity index is 907. The summed E-state index contributed by atoms with van der Waals surface area (Å²) < 4.78 is 25.0. The van der Waals surface area contributed by atoms with E-state index in [1.54, 1.807) is 6.07 Å². The second kappa shape index (κ2) is 12.4. The van der Waals surface area contributed by atoms with Gasteiger partial charge in [0.25, 0.3) is 0 Å². The summed E-state index contributed by atoms with van der Waals surface area (Å²) >= 11 is 0. The zero-order valence-corrected chi connectivity index (χ0v) is 18.3. The van der Waals surface area contributed by atoms with Crippen molar-refractivity contribution in [1.82, 2.24) is 4.98 Å². The molecule has 31 heavy (non-hydrogen) atoms. The number of hydrogen-bond acceptors (Lipinski definition) is 6. The average Bonchev–Trinajstić information content (AvgIpc) is 2.81. The number of hydrogen-bond donors (Lipinski definition) is 2. The second-order valence-electron chi connectivity index (χ2n) is 6.33. The number of pyridine rings is 1. The molecule has 0 atom stereocenters. The largest absolute Gasteiger partial charge is 0.494 e. The Hall–Kier alpha value is -3.26. The molecular formula is C23H30FN5O2. The summed E-state index contributed by atoms with van der Waals surface area (Å²) in [5.41, 5.74) is 7.46. The molecule has 166 valence electrons. The van der Waals surface area contributed by atoms with Crippen LogP contribution in [0.25, 0.3) is 5.57 Å². The van der Waals surface area contributed by atoms with Crippen LogP contribution in [0.3, 0.4) is 0 Å². The first kappa shape index (κ1) is 24.0. The molecule has 1 aliphatic heterocycles. The molecule has 1 aromatic heterocycles. The Balaban J connectivity index is 0.00000166. The van der Waals surface area contributed by atoms with E-state index < -0.39 is 5.82 Å². The van der Waals surface area contributed by atoms with Crippen LogP contribution in [-0.2, 0) is 4.74 Å². The Morgan fingerprint density at radius 1 is 1.29 bits per heavy atom. The van der Waals surface area contributed by atoms with Gasteiger partial charge in [0.15, 0.2) is 5.82 Å². The molecule has 1 aliphatic rings. The number of allylic oxidation sites excluding steroid dienone is 1. The first-order valence-electron chi connectivity index (χ1n) is 10.4. The molecule has 0 unspecified atom stereocenters. The molecule has 0 saturated carbocycles. The van der Waals surface area contributed by atoms with Gasteiger partial charge in [0.2, 0.25) is 0 Å². The van der Waals surface area contributed by atoms with Crippen LogP contribution in [0.4, 0.5) is 15.9 Å². The van der Waals surface area contributed by atoms with Crippen molar-refractivity contribution in [2.75, 3.05) is 37.8 Å². The molecule has 2 aromatic rings. The van der Waals surface area contributed by atoms with Crippen molar-refractivity contribution in [1.29, 1.82) is 5.41 Å². The zero-order chi connectivity index (χ0) is 22.6. The maximum absolute atomic E-state index is 14.2. The molecule has 8 heteroatoms. The summed E-state index contributed by atoms with van der Waals surface area (Å²) in [5, 5.41) is 7.68. The number of aliphatic imine (C=N–C) groups is 1. The lowest BCUT2D eigenvalue weighted by molar-refractivity contribution is 0.122. The van der Waals surface area contributed by atoms with Gasteiger partial charge in [0.05, 0.1) is 26.0 Å². The van der Waals surface area contributed by atoms with Gasteiger partial charge in [0, 0.05) is 30.9 Å². The summed E-state index contributed by atoms with van der Waals surface area (Å²) in [4.78, 5) is 10.3. The third kappa shape index (κ3) is 6.89. The highest BCUT2D eigenvalue weighted by Crippen LogP contribution is 2.24. The fourth-order valence-corrected chi connectivity index (χ4v) is 2.92. The van der Waals surface area contributed by atoms with Gasteiger partial charge < -0.3 is 25.5 Å². The van der Waals surface area contributed by atoms with E-state index in [-0.39, 0.29) is 11.5 Å². The number of ether oxygens (including phenoxy) is 2. The lowest BCUT2D eigenvalue weighted by Crippen LogP contribution is -2.36. The summed E-state index contributed by atoms with van der Waals surface area (Å²) in [7, 11) is 0. The average molecular weight is 428 g/mol. The van der Waals surface area contributed by atoms with Crippen molar-refractivity contribution in [2.45, 2.75) is 20.8 Å². The van der Waals surface area contributed by atoms with E-state index in [4.69, 9.17) is 20.6 Å². The van der Waals surface area contributed by atoms with Crippen molar-refractivity contribution in [3.8, 4) is 5.75 Å². The Kier molecular flexibility index (Phi) is 9.64. The van der Waals surface area contributed by atoms with Gasteiger partial charge in [-0.1, -0.05) is 26.0 Å². The minimum Gasteiger partial charge on any atom is -0.494 e. The summed E-state index contributed by atoms with van der Waals surface area (Å²) in [6, 6.07) is 8.88. The maximum Gasteiger partial charge on any atom is 0.167 e. The van der Waals surface area contributed by atoms with Crippen LogP contribution in [0.15, 0.2) is 47.6 Å². The van der Waals surface area contributed by atoms with Gasteiger partial charge in [-0.2, -0.15) is 0 Å². The van der Waals surface area contributed by atoms with Crippen molar-refractivity contribution >= 4 is 29.1 Å². The molecule has 0 amide bonds. The van der Waals surface area contributed by atoms with Crippen LogP contribution in [0.1, 0.15) is 26.3 Å². The van der Waals surface area contributed by atoms with Gasteiger partial charge in [-0.25, -0.2) is 14.4 Å². The van der Waals surface area contributed by atoms with E-state index in [2.05, 4.69) is 9.98 Å². The number of halogens is 1. The van der Waals surface area contributed by atoms with Crippen LogP contribution in [-0.4, -0.2) is 49.9 Å². The second-order valence-corrected chi connectivity index (χ2v) is 6.33. The van der Waals surface area contributed by atoms with E-state index in [0.717, 1.165) is 17.5 Å². The van der Waals surface area contributed by atoms with Crippen molar-refractivity contribution in [3.63, 3.8) is 0 Å². The van der Waals surface area contributed by atoms with E-state index in [1.165, 1.54) is 12.3 Å². The van der Waals surface area contributed by atoms with E-state index in [0.29, 0.717) is 44.3 Å². The first-order chi connectivity index (χ1) is 15.1. The fraction of sp³-hybridized carbons (Fsp3) is 0.348.